The summed E-state index contributed by atoms with van der Waals surface area (Å²) in [6.45, 7) is 38.6. The Morgan fingerprint density at radius 3 is 0.623 bits per heavy atom. The maximum absolute atomic E-state index is 11.4. The van der Waals surface area contributed by atoms with Crippen molar-refractivity contribution in [1.29, 1.82) is 0 Å². The lowest BCUT2D eigenvalue weighted by Crippen LogP contribution is -2.39. The molecule has 0 saturated carbocycles. The van der Waals surface area contributed by atoms with Crippen molar-refractivity contribution < 1.29 is 20.4 Å². The number of phenolic OH excluding ortho intramolecular Hbond substituents is 4. The van der Waals surface area contributed by atoms with Gasteiger partial charge >= 0.3 is 0 Å². The summed E-state index contributed by atoms with van der Waals surface area (Å²) in [4.78, 5) is 0. The number of hydrogen-bond donors (Lipinski definition) is 4. The molecular formula is C49H68O4. The quantitative estimate of drug-likeness (QED) is 0.160. The van der Waals surface area contributed by atoms with Crippen LogP contribution in [-0.2, 0) is 32.5 Å². The Bertz CT molecular complexity index is 1750. The molecule has 0 aliphatic heterocycles. The highest BCUT2D eigenvalue weighted by Gasteiger charge is 2.45. The van der Waals surface area contributed by atoms with Crippen LogP contribution in [0, 0.1) is 27.7 Å². The van der Waals surface area contributed by atoms with Crippen LogP contribution >= 0.6 is 0 Å². The van der Waals surface area contributed by atoms with Crippen LogP contribution in [0.2, 0.25) is 0 Å². The van der Waals surface area contributed by atoms with E-state index in [1.165, 1.54) is 0 Å². The van der Waals surface area contributed by atoms with Gasteiger partial charge in [0.1, 0.15) is 23.0 Å². The van der Waals surface area contributed by atoms with Gasteiger partial charge in [0.05, 0.1) is 0 Å². The molecule has 4 rings (SSSR count). The molecule has 0 aromatic heterocycles. The largest absolute Gasteiger partial charge is 0.508 e. The van der Waals surface area contributed by atoms with E-state index in [-0.39, 0.29) is 44.7 Å². The monoisotopic (exact) mass is 721 g/mol. The second-order valence-corrected chi connectivity index (χ2v) is 20.6. The highest BCUT2D eigenvalue weighted by atomic mass is 16.3. The molecule has 0 atom stereocenters. The molecule has 4 aromatic carbocycles. The Labute approximate surface area is 321 Å². The van der Waals surface area contributed by atoms with Gasteiger partial charge in [-0.2, -0.15) is 0 Å². The molecule has 288 valence electrons. The summed E-state index contributed by atoms with van der Waals surface area (Å²) in [6, 6.07) is 16.5. The van der Waals surface area contributed by atoms with Gasteiger partial charge in [0, 0.05) is 10.8 Å². The fourth-order valence-electron chi connectivity index (χ4n) is 8.93. The SMILES string of the molecule is Cc1cc(O)c(C(C)(C)C)cc1C(C)(CC(C)(c1cc(C(C)(C)C)c(O)cc1C)c1cc(C(C)(C)C)c(O)cc1C)c1cc(C(C)(C)C)c(O)cc1C. The van der Waals surface area contributed by atoms with Crippen molar-refractivity contribution >= 4 is 0 Å². The predicted molar refractivity (Wildman–Crippen MR) is 224 cm³/mol. The second kappa shape index (κ2) is 13.4. The number of aromatic hydroxyl groups is 4. The Morgan fingerprint density at radius 1 is 0.302 bits per heavy atom. The van der Waals surface area contributed by atoms with Gasteiger partial charge in [-0.1, -0.05) is 121 Å². The predicted octanol–water partition coefficient (Wildman–Crippen LogP) is 12.6. The lowest BCUT2D eigenvalue weighted by molar-refractivity contribution is 0.380. The minimum absolute atomic E-state index is 0.287. The van der Waals surface area contributed by atoms with E-state index in [0.717, 1.165) is 66.8 Å². The third-order valence-corrected chi connectivity index (χ3v) is 11.7. The Kier molecular flexibility index (Phi) is 10.6. The number of benzene rings is 4. The summed E-state index contributed by atoms with van der Waals surface area (Å²) in [5, 5.41) is 45.5. The van der Waals surface area contributed by atoms with E-state index in [4.69, 9.17) is 0 Å². The molecule has 0 amide bonds. The standard InChI is InChI=1S/C49H68O4/c1-28-19-40(50)36(44(5,6)7)23-32(28)48(17,33-24-37(45(8,9)10)41(51)20-29(33)2)27-49(18,34-25-38(46(11,12)13)42(52)21-30(34)3)35-26-39(47(14,15)16)43(53)22-31(35)4/h19-26,50-53H,27H2,1-18H3. The Morgan fingerprint density at radius 2 is 0.472 bits per heavy atom. The van der Waals surface area contributed by atoms with Crippen molar-refractivity contribution in [2.45, 2.75) is 164 Å². The van der Waals surface area contributed by atoms with E-state index in [9.17, 15) is 20.4 Å². The Hall–Kier alpha value is -3.92. The molecular weight excluding hydrogens is 653 g/mol. The average molecular weight is 721 g/mol. The van der Waals surface area contributed by atoms with Crippen molar-refractivity contribution in [3.8, 4) is 23.0 Å². The highest BCUT2D eigenvalue weighted by Crippen LogP contribution is 2.54. The molecule has 0 aliphatic rings. The number of rotatable bonds is 6. The summed E-state index contributed by atoms with van der Waals surface area (Å²) < 4.78 is 0. The van der Waals surface area contributed by atoms with Crippen molar-refractivity contribution in [2.75, 3.05) is 0 Å². The molecule has 0 saturated heterocycles. The van der Waals surface area contributed by atoms with Crippen LogP contribution < -0.4 is 0 Å². The van der Waals surface area contributed by atoms with Crippen LogP contribution in [0.1, 0.15) is 170 Å². The van der Waals surface area contributed by atoms with E-state index < -0.39 is 10.8 Å². The van der Waals surface area contributed by atoms with E-state index in [1.807, 2.05) is 24.3 Å². The van der Waals surface area contributed by atoms with Gasteiger partial charge in [-0.05, 0) is 147 Å². The van der Waals surface area contributed by atoms with Crippen LogP contribution in [0.5, 0.6) is 23.0 Å². The zero-order valence-electron chi connectivity index (χ0n) is 36.1. The molecule has 0 aliphatic carbocycles. The van der Waals surface area contributed by atoms with Crippen LogP contribution in [0.4, 0.5) is 0 Å². The summed E-state index contributed by atoms with van der Waals surface area (Å²) in [6.07, 6.45) is 0.606. The van der Waals surface area contributed by atoms with E-state index in [1.54, 1.807) is 0 Å². The fraction of sp³-hybridized carbons (Fsp3) is 0.510. The molecule has 53 heavy (non-hydrogen) atoms. The van der Waals surface area contributed by atoms with Gasteiger partial charge in [-0.15, -0.1) is 0 Å². The number of phenols is 4. The number of aryl methyl sites for hydroxylation is 4. The van der Waals surface area contributed by atoms with Crippen molar-refractivity contribution in [3.05, 3.63) is 115 Å². The van der Waals surface area contributed by atoms with E-state index >= 15 is 0 Å². The topological polar surface area (TPSA) is 80.9 Å². The van der Waals surface area contributed by atoms with Crippen molar-refractivity contribution in [1.82, 2.24) is 0 Å². The maximum atomic E-state index is 11.4. The average Bonchev–Trinajstić information content (AvgIpc) is 2.94. The minimum atomic E-state index is -0.664. The molecule has 0 radical (unpaired) electrons. The van der Waals surface area contributed by atoms with Gasteiger partial charge in [-0.3, -0.25) is 0 Å². The van der Waals surface area contributed by atoms with Gasteiger partial charge in [0.25, 0.3) is 0 Å². The first kappa shape index (κ1) is 41.8. The molecule has 4 nitrogen and oxygen atoms in total. The molecule has 4 N–H and O–H groups in total. The van der Waals surface area contributed by atoms with Crippen molar-refractivity contribution in [2.24, 2.45) is 0 Å². The smallest absolute Gasteiger partial charge is 0.119 e. The molecule has 0 bridgehead atoms. The minimum Gasteiger partial charge on any atom is -0.508 e. The summed E-state index contributed by atoms with van der Waals surface area (Å²) in [5.74, 6) is 1.15. The first-order valence-electron chi connectivity index (χ1n) is 19.2. The van der Waals surface area contributed by atoms with Gasteiger partial charge in [0.15, 0.2) is 0 Å². The van der Waals surface area contributed by atoms with Crippen LogP contribution in [0.3, 0.4) is 0 Å². The molecule has 0 heterocycles. The Balaban J connectivity index is 2.30. The lowest BCUT2D eigenvalue weighted by atomic mass is 9.58. The third-order valence-electron chi connectivity index (χ3n) is 11.7. The molecule has 0 fully saturated rings. The highest BCUT2D eigenvalue weighted by molar-refractivity contribution is 5.60. The summed E-state index contributed by atoms with van der Waals surface area (Å²) in [7, 11) is 0. The van der Waals surface area contributed by atoms with Gasteiger partial charge < -0.3 is 20.4 Å². The first-order chi connectivity index (χ1) is 23.8. The normalized spacial score (nSPS) is 13.5. The second-order valence-electron chi connectivity index (χ2n) is 20.6. The zero-order valence-corrected chi connectivity index (χ0v) is 36.1. The maximum Gasteiger partial charge on any atom is 0.119 e. The van der Waals surface area contributed by atoms with Crippen LogP contribution in [-0.4, -0.2) is 20.4 Å². The van der Waals surface area contributed by atoms with E-state index in [2.05, 4.69) is 149 Å². The van der Waals surface area contributed by atoms with E-state index in [0.29, 0.717) is 6.42 Å². The van der Waals surface area contributed by atoms with Crippen molar-refractivity contribution in [3.63, 3.8) is 0 Å². The molecule has 0 spiro atoms. The van der Waals surface area contributed by atoms with Crippen LogP contribution in [0.25, 0.3) is 0 Å². The molecule has 4 aromatic rings. The summed E-state index contributed by atoms with van der Waals surface area (Å²) in [5.41, 5.74) is 9.31. The third kappa shape index (κ3) is 7.84. The fourth-order valence-corrected chi connectivity index (χ4v) is 8.93. The molecule has 0 unspecified atom stereocenters. The molecule has 4 heteroatoms. The van der Waals surface area contributed by atoms with Gasteiger partial charge in [0.2, 0.25) is 0 Å². The summed E-state index contributed by atoms with van der Waals surface area (Å²) >= 11 is 0. The van der Waals surface area contributed by atoms with Gasteiger partial charge in [-0.25, -0.2) is 0 Å². The first-order valence-corrected chi connectivity index (χ1v) is 19.2. The number of hydrogen-bond acceptors (Lipinski definition) is 4. The lowest BCUT2D eigenvalue weighted by Gasteiger charge is -2.45. The zero-order chi connectivity index (χ0) is 40.6. The van der Waals surface area contributed by atoms with Crippen LogP contribution in [0.15, 0.2) is 48.5 Å².